The van der Waals surface area contributed by atoms with Gasteiger partial charge in [-0.15, -0.1) is 11.8 Å². The normalized spacial score (nSPS) is 10.2. The maximum absolute atomic E-state index is 11.8. The number of amides is 1. The molecule has 0 fully saturated rings. The van der Waals surface area contributed by atoms with Crippen LogP contribution in [0.5, 0.6) is 5.75 Å². The molecule has 1 rings (SSSR count). The SMILES string of the molecule is CNCCN(C)C(=O)CSc1cccc(OC)c1. The van der Waals surface area contributed by atoms with E-state index in [9.17, 15) is 4.79 Å². The quantitative estimate of drug-likeness (QED) is 0.760. The lowest BCUT2D eigenvalue weighted by Gasteiger charge is -2.16. The molecule has 0 spiro atoms. The average Bonchev–Trinajstić information content (AvgIpc) is 2.42. The zero-order valence-electron chi connectivity index (χ0n) is 11.1. The summed E-state index contributed by atoms with van der Waals surface area (Å²) in [7, 11) is 5.34. The predicted molar refractivity (Wildman–Crippen MR) is 75.3 cm³/mol. The fourth-order valence-electron chi connectivity index (χ4n) is 1.35. The van der Waals surface area contributed by atoms with E-state index < -0.39 is 0 Å². The lowest BCUT2D eigenvalue weighted by atomic mass is 10.3. The number of nitrogens with one attached hydrogen (secondary N) is 1. The molecule has 0 aliphatic rings. The first-order chi connectivity index (χ1) is 8.67. The molecule has 0 saturated carbocycles. The molecule has 0 radical (unpaired) electrons. The lowest BCUT2D eigenvalue weighted by Crippen LogP contribution is -2.33. The third-order valence-electron chi connectivity index (χ3n) is 2.53. The van der Waals surface area contributed by atoms with Gasteiger partial charge in [0.1, 0.15) is 5.75 Å². The highest BCUT2D eigenvalue weighted by atomic mass is 32.2. The van der Waals surface area contributed by atoms with Gasteiger partial charge in [0.15, 0.2) is 0 Å². The van der Waals surface area contributed by atoms with Crippen LogP contribution in [0.1, 0.15) is 0 Å². The first-order valence-electron chi connectivity index (χ1n) is 5.82. The zero-order valence-corrected chi connectivity index (χ0v) is 11.9. The summed E-state index contributed by atoms with van der Waals surface area (Å²) in [6, 6.07) is 7.74. The van der Waals surface area contributed by atoms with Gasteiger partial charge in [-0.05, 0) is 25.2 Å². The number of hydrogen-bond acceptors (Lipinski definition) is 4. The van der Waals surface area contributed by atoms with Crippen molar-refractivity contribution in [2.45, 2.75) is 4.90 Å². The van der Waals surface area contributed by atoms with Crippen molar-refractivity contribution in [3.8, 4) is 5.75 Å². The Hall–Kier alpha value is -1.20. The average molecular weight is 268 g/mol. The van der Waals surface area contributed by atoms with E-state index in [0.717, 1.165) is 23.7 Å². The van der Waals surface area contributed by atoms with Crippen LogP contribution >= 0.6 is 11.8 Å². The number of carbonyl (C=O) groups excluding carboxylic acids is 1. The van der Waals surface area contributed by atoms with Gasteiger partial charge in [0.25, 0.3) is 0 Å². The molecule has 18 heavy (non-hydrogen) atoms. The molecule has 1 N–H and O–H groups in total. The van der Waals surface area contributed by atoms with E-state index in [1.165, 1.54) is 11.8 Å². The molecule has 0 atom stereocenters. The summed E-state index contributed by atoms with van der Waals surface area (Å²) in [4.78, 5) is 14.6. The largest absolute Gasteiger partial charge is 0.497 e. The van der Waals surface area contributed by atoms with Crippen molar-refractivity contribution < 1.29 is 9.53 Å². The van der Waals surface area contributed by atoms with Crippen molar-refractivity contribution in [3.63, 3.8) is 0 Å². The molecule has 100 valence electrons. The number of nitrogens with zero attached hydrogens (tertiary/aromatic N) is 1. The molecule has 5 heteroatoms. The van der Waals surface area contributed by atoms with Crippen LogP contribution in [0.3, 0.4) is 0 Å². The molecule has 4 nitrogen and oxygen atoms in total. The van der Waals surface area contributed by atoms with Crippen molar-refractivity contribution in [3.05, 3.63) is 24.3 Å². The van der Waals surface area contributed by atoms with E-state index in [2.05, 4.69) is 5.32 Å². The molecule has 0 aliphatic heterocycles. The molecule has 0 aliphatic carbocycles. The van der Waals surface area contributed by atoms with Crippen molar-refractivity contribution in [1.82, 2.24) is 10.2 Å². The van der Waals surface area contributed by atoms with E-state index in [-0.39, 0.29) is 5.91 Å². The molecule has 1 aromatic carbocycles. The molecule has 0 unspecified atom stereocenters. The van der Waals surface area contributed by atoms with Crippen LogP contribution in [-0.2, 0) is 4.79 Å². The summed E-state index contributed by atoms with van der Waals surface area (Å²) in [5.74, 6) is 1.40. The smallest absolute Gasteiger partial charge is 0.232 e. The van der Waals surface area contributed by atoms with Gasteiger partial charge in [-0.25, -0.2) is 0 Å². The lowest BCUT2D eigenvalue weighted by molar-refractivity contribution is -0.127. The summed E-state index contributed by atoms with van der Waals surface area (Å²) in [5, 5.41) is 3.03. The van der Waals surface area contributed by atoms with Crippen LogP contribution in [0.25, 0.3) is 0 Å². The van der Waals surface area contributed by atoms with E-state index in [1.54, 1.807) is 12.0 Å². The minimum atomic E-state index is 0.137. The molecule has 0 aromatic heterocycles. The fourth-order valence-corrected chi connectivity index (χ4v) is 2.24. The second-order valence-corrected chi connectivity index (χ2v) is 4.94. The Morgan fingerprint density at radius 3 is 2.94 bits per heavy atom. The van der Waals surface area contributed by atoms with E-state index in [4.69, 9.17) is 4.74 Å². The highest BCUT2D eigenvalue weighted by molar-refractivity contribution is 8.00. The van der Waals surface area contributed by atoms with Crippen LogP contribution in [0, 0.1) is 0 Å². The maximum Gasteiger partial charge on any atom is 0.232 e. The zero-order chi connectivity index (χ0) is 13.4. The van der Waals surface area contributed by atoms with E-state index in [0.29, 0.717) is 5.75 Å². The van der Waals surface area contributed by atoms with Crippen molar-refractivity contribution >= 4 is 17.7 Å². The molecule has 0 bridgehead atoms. The van der Waals surface area contributed by atoms with Gasteiger partial charge in [0.2, 0.25) is 5.91 Å². The van der Waals surface area contributed by atoms with Gasteiger partial charge in [-0.2, -0.15) is 0 Å². The third-order valence-corrected chi connectivity index (χ3v) is 3.51. The Balaban J connectivity index is 2.41. The fraction of sp³-hybridized carbons (Fsp3) is 0.462. The van der Waals surface area contributed by atoms with Crippen molar-refractivity contribution in [2.75, 3.05) is 40.0 Å². The standard InChI is InChI=1S/C13H20N2O2S/c1-14-7-8-15(2)13(16)10-18-12-6-4-5-11(9-12)17-3/h4-6,9,14H,7-8,10H2,1-3H3. The number of hydrogen-bond donors (Lipinski definition) is 1. The first-order valence-corrected chi connectivity index (χ1v) is 6.81. The minimum Gasteiger partial charge on any atom is -0.497 e. The van der Waals surface area contributed by atoms with Crippen LogP contribution in [0.2, 0.25) is 0 Å². The number of rotatable bonds is 7. The van der Waals surface area contributed by atoms with Crippen molar-refractivity contribution in [2.24, 2.45) is 0 Å². The van der Waals surface area contributed by atoms with Crippen LogP contribution in [-0.4, -0.2) is 50.9 Å². The highest BCUT2D eigenvalue weighted by Gasteiger charge is 2.08. The first kappa shape index (κ1) is 14.9. The molecule has 1 aromatic rings. The van der Waals surface area contributed by atoms with Gasteiger partial charge in [0, 0.05) is 25.0 Å². The van der Waals surface area contributed by atoms with Gasteiger partial charge in [-0.3, -0.25) is 4.79 Å². The number of benzene rings is 1. The summed E-state index contributed by atoms with van der Waals surface area (Å²) >= 11 is 1.53. The Morgan fingerprint density at radius 1 is 1.50 bits per heavy atom. The third kappa shape index (κ3) is 4.98. The summed E-state index contributed by atoms with van der Waals surface area (Å²) in [6.45, 7) is 1.54. The Bertz CT molecular complexity index is 385. The van der Waals surface area contributed by atoms with Gasteiger partial charge >= 0.3 is 0 Å². The van der Waals surface area contributed by atoms with E-state index in [1.807, 2.05) is 38.4 Å². The second kappa shape index (κ2) is 8.00. The number of thioether (sulfide) groups is 1. The van der Waals surface area contributed by atoms with Gasteiger partial charge in [-0.1, -0.05) is 6.07 Å². The maximum atomic E-state index is 11.8. The predicted octanol–water partition coefficient (Wildman–Crippen LogP) is 1.47. The highest BCUT2D eigenvalue weighted by Crippen LogP contribution is 2.22. The van der Waals surface area contributed by atoms with Crippen LogP contribution < -0.4 is 10.1 Å². The number of likely N-dealkylation sites (N-methyl/N-ethyl adjacent to an activating group) is 2. The summed E-state index contributed by atoms with van der Waals surface area (Å²) < 4.78 is 5.15. The number of carbonyl (C=O) groups is 1. The summed E-state index contributed by atoms with van der Waals surface area (Å²) in [5.41, 5.74) is 0. The molecule has 1 amide bonds. The molecular weight excluding hydrogens is 248 g/mol. The molecule has 0 heterocycles. The Morgan fingerprint density at radius 2 is 2.28 bits per heavy atom. The minimum absolute atomic E-state index is 0.137. The monoisotopic (exact) mass is 268 g/mol. The summed E-state index contributed by atoms with van der Waals surface area (Å²) in [6.07, 6.45) is 0. The number of methoxy groups -OCH3 is 1. The second-order valence-electron chi connectivity index (χ2n) is 3.89. The van der Waals surface area contributed by atoms with Crippen LogP contribution in [0.4, 0.5) is 0 Å². The Labute approximate surface area is 113 Å². The van der Waals surface area contributed by atoms with E-state index >= 15 is 0 Å². The topological polar surface area (TPSA) is 41.6 Å². The molecule has 0 saturated heterocycles. The van der Waals surface area contributed by atoms with Crippen molar-refractivity contribution in [1.29, 1.82) is 0 Å². The van der Waals surface area contributed by atoms with Gasteiger partial charge < -0.3 is 15.0 Å². The molecular formula is C13H20N2O2S. The van der Waals surface area contributed by atoms with Gasteiger partial charge in [0.05, 0.1) is 12.9 Å². The Kier molecular flexibility index (Phi) is 6.60. The van der Waals surface area contributed by atoms with Crippen LogP contribution in [0.15, 0.2) is 29.2 Å². The number of ether oxygens (including phenoxy) is 1.